The molecule has 6 nitrogen and oxygen atoms in total. The number of nitrogens with one attached hydrogen (secondary N) is 2. The third-order valence-corrected chi connectivity index (χ3v) is 3.29. The molecule has 1 saturated heterocycles. The fraction of sp³-hybridized carbons (Fsp3) is 0.500. The molecule has 1 aliphatic rings. The second-order valence-corrected chi connectivity index (χ2v) is 6.51. The number of carbonyl (C=O) groups excluding carboxylic acids is 2. The standard InChI is InChI=1S/C16H22FN3O3/c1-16(2,3)23-15(22)19-13-8-9-20(10-13)14(21)18-12-6-4-11(17)5-7-12/h4-7,13H,8-10H2,1-3H3,(H,18,21)(H,19,22). The number of hydrogen-bond acceptors (Lipinski definition) is 3. The van der Waals surface area contributed by atoms with Gasteiger partial charge in [0.05, 0.1) is 6.04 Å². The van der Waals surface area contributed by atoms with Gasteiger partial charge in [-0.15, -0.1) is 0 Å². The zero-order chi connectivity index (χ0) is 17.0. The van der Waals surface area contributed by atoms with Crippen molar-refractivity contribution in [3.63, 3.8) is 0 Å². The van der Waals surface area contributed by atoms with Crippen molar-refractivity contribution in [2.45, 2.75) is 38.8 Å². The number of halogens is 1. The van der Waals surface area contributed by atoms with Crippen LogP contribution in [0.5, 0.6) is 0 Å². The van der Waals surface area contributed by atoms with Crippen LogP contribution in [-0.4, -0.2) is 41.8 Å². The van der Waals surface area contributed by atoms with Gasteiger partial charge in [0.25, 0.3) is 0 Å². The van der Waals surface area contributed by atoms with Crippen LogP contribution < -0.4 is 10.6 Å². The molecule has 0 spiro atoms. The predicted molar refractivity (Wildman–Crippen MR) is 84.8 cm³/mol. The van der Waals surface area contributed by atoms with Crippen LogP contribution in [0, 0.1) is 5.82 Å². The Balaban J connectivity index is 1.81. The molecule has 0 aromatic heterocycles. The third-order valence-electron chi connectivity index (χ3n) is 3.29. The minimum absolute atomic E-state index is 0.135. The van der Waals surface area contributed by atoms with Crippen LogP contribution in [-0.2, 0) is 4.74 Å². The van der Waals surface area contributed by atoms with E-state index in [0.717, 1.165) is 0 Å². The van der Waals surface area contributed by atoms with Gasteiger partial charge >= 0.3 is 12.1 Å². The Kier molecular flexibility index (Phi) is 5.08. The first-order chi connectivity index (χ1) is 10.7. The van der Waals surface area contributed by atoms with Gasteiger partial charge in [0.15, 0.2) is 0 Å². The maximum absolute atomic E-state index is 12.8. The summed E-state index contributed by atoms with van der Waals surface area (Å²) in [5.74, 6) is -0.356. The number of hydrogen-bond donors (Lipinski definition) is 2. The average Bonchev–Trinajstić information content (AvgIpc) is 2.87. The third kappa shape index (κ3) is 5.43. The number of urea groups is 1. The van der Waals surface area contributed by atoms with E-state index in [4.69, 9.17) is 4.74 Å². The fourth-order valence-corrected chi connectivity index (χ4v) is 2.27. The van der Waals surface area contributed by atoms with Crippen molar-refractivity contribution in [3.05, 3.63) is 30.1 Å². The quantitative estimate of drug-likeness (QED) is 0.879. The fourth-order valence-electron chi connectivity index (χ4n) is 2.27. The van der Waals surface area contributed by atoms with Gasteiger partial charge < -0.3 is 20.3 Å². The van der Waals surface area contributed by atoms with Crippen LogP contribution in [0.4, 0.5) is 19.7 Å². The first-order valence-electron chi connectivity index (χ1n) is 7.54. The van der Waals surface area contributed by atoms with E-state index in [1.54, 1.807) is 25.7 Å². The van der Waals surface area contributed by atoms with E-state index in [1.807, 2.05) is 0 Å². The van der Waals surface area contributed by atoms with Gasteiger partial charge in [0, 0.05) is 18.8 Å². The zero-order valence-electron chi connectivity index (χ0n) is 13.6. The highest BCUT2D eigenvalue weighted by Gasteiger charge is 2.28. The zero-order valence-corrected chi connectivity index (χ0v) is 13.6. The highest BCUT2D eigenvalue weighted by Crippen LogP contribution is 2.14. The van der Waals surface area contributed by atoms with Crippen molar-refractivity contribution in [1.29, 1.82) is 0 Å². The van der Waals surface area contributed by atoms with E-state index in [-0.39, 0.29) is 17.9 Å². The van der Waals surface area contributed by atoms with Crippen molar-refractivity contribution in [2.24, 2.45) is 0 Å². The molecule has 2 N–H and O–H groups in total. The van der Waals surface area contributed by atoms with Gasteiger partial charge in [-0.2, -0.15) is 0 Å². The lowest BCUT2D eigenvalue weighted by Crippen LogP contribution is -2.42. The van der Waals surface area contributed by atoms with Gasteiger partial charge in [0.1, 0.15) is 11.4 Å². The Morgan fingerprint density at radius 2 is 1.91 bits per heavy atom. The van der Waals surface area contributed by atoms with Gasteiger partial charge in [0.2, 0.25) is 0 Å². The molecule has 0 bridgehead atoms. The number of anilines is 1. The minimum atomic E-state index is -0.553. The molecule has 1 heterocycles. The van der Waals surface area contributed by atoms with Gasteiger partial charge in [-0.25, -0.2) is 14.0 Å². The summed E-state index contributed by atoms with van der Waals surface area (Å²) >= 11 is 0. The highest BCUT2D eigenvalue weighted by atomic mass is 19.1. The summed E-state index contributed by atoms with van der Waals surface area (Å²) in [4.78, 5) is 25.5. The van der Waals surface area contributed by atoms with Gasteiger partial charge in [-0.3, -0.25) is 0 Å². The smallest absolute Gasteiger partial charge is 0.407 e. The molecule has 1 aromatic rings. The molecule has 1 aliphatic heterocycles. The van der Waals surface area contributed by atoms with Crippen molar-refractivity contribution >= 4 is 17.8 Å². The molecule has 7 heteroatoms. The van der Waals surface area contributed by atoms with Crippen molar-refractivity contribution in [3.8, 4) is 0 Å². The molecular weight excluding hydrogens is 301 g/mol. The maximum atomic E-state index is 12.8. The van der Waals surface area contributed by atoms with Crippen LogP contribution in [0.25, 0.3) is 0 Å². The largest absolute Gasteiger partial charge is 0.444 e. The van der Waals surface area contributed by atoms with Crippen LogP contribution in [0.15, 0.2) is 24.3 Å². The van der Waals surface area contributed by atoms with Gasteiger partial charge in [-0.05, 0) is 51.5 Å². The average molecular weight is 323 g/mol. The Morgan fingerprint density at radius 3 is 2.52 bits per heavy atom. The summed E-state index contributed by atoms with van der Waals surface area (Å²) in [5, 5.41) is 5.46. The molecule has 1 aromatic carbocycles. The number of benzene rings is 1. The van der Waals surface area contributed by atoms with Crippen molar-refractivity contribution in [1.82, 2.24) is 10.2 Å². The number of nitrogens with zero attached hydrogens (tertiary/aromatic N) is 1. The Morgan fingerprint density at radius 1 is 1.26 bits per heavy atom. The lowest BCUT2D eigenvalue weighted by Gasteiger charge is -2.22. The molecule has 23 heavy (non-hydrogen) atoms. The molecular formula is C16H22FN3O3. The van der Waals surface area contributed by atoms with Crippen LogP contribution in [0.2, 0.25) is 0 Å². The Hall–Kier alpha value is -2.31. The van der Waals surface area contributed by atoms with E-state index >= 15 is 0 Å². The summed E-state index contributed by atoms with van der Waals surface area (Å²) in [5.41, 5.74) is -0.0255. The van der Waals surface area contributed by atoms with E-state index in [2.05, 4.69) is 10.6 Å². The van der Waals surface area contributed by atoms with Crippen LogP contribution >= 0.6 is 0 Å². The van der Waals surface area contributed by atoms with Crippen molar-refractivity contribution < 1.29 is 18.7 Å². The minimum Gasteiger partial charge on any atom is -0.444 e. The topological polar surface area (TPSA) is 70.7 Å². The van der Waals surface area contributed by atoms with Gasteiger partial charge in [-0.1, -0.05) is 0 Å². The molecule has 2 rings (SSSR count). The predicted octanol–water partition coefficient (Wildman–Crippen LogP) is 2.96. The summed E-state index contributed by atoms with van der Waals surface area (Å²) < 4.78 is 18.0. The Bertz CT molecular complexity index is 569. The first-order valence-corrected chi connectivity index (χ1v) is 7.54. The highest BCUT2D eigenvalue weighted by molar-refractivity contribution is 5.89. The molecule has 1 unspecified atom stereocenters. The van der Waals surface area contributed by atoms with E-state index < -0.39 is 11.7 Å². The maximum Gasteiger partial charge on any atom is 0.407 e. The first kappa shape index (κ1) is 17.1. The molecule has 3 amide bonds. The van der Waals surface area contributed by atoms with Crippen LogP contribution in [0.3, 0.4) is 0 Å². The number of alkyl carbamates (subject to hydrolysis) is 1. The molecule has 0 aliphatic carbocycles. The molecule has 1 fully saturated rings. The number of carbonyl (C=O) groups is 2. The second kappa shape index (κ2) is 6.85. The monoisotopic (exact) mass is 323 g/mol. The molecule has 0 saturated carbocycles. The molecule has 1 atom stereocenters. The normalized spacial score (nSPS) is 17.7. The van der Waals surface area contributed by atoms with E-state index in [1.165, 1.54) is 24.3 Å². The lowest BCUT2D eigenvalue weighted by molar-refractivity contribution is 0.0506. The van der Waals surface area contributed by atoms with E-state index in [0.29, 0.717) is 25.2 Å². The Labute approximate surface area is 135 Å². The molecule has 0 radical (unpaired) electrons. The number of amides is 3. The lowest BCUT2D eigenvalue weighted by atomic mass is 10.2. The van der Waals surface area contributed by atoms with E-state index in [9.17, 15) is 14.0 Å². The van der Waals surface area contributed by atoms with Crippen LogP contribution in [0.1, 0.15) is 27.2 Å². The SMILES string of the molecule is CC(C)(C)OC(=O)NC1CCN(C(=O)Nc2ccc(F)cc2)C1. The summed E-state index contributed by atoms with van der Waals surface area (Å²) in [6.07, 6.45) is 0.180. The van der Waals surface area contributed by atoms with Crippen molar-refractivity contribution in [2.75, 3.05) is 18.4 Å². The number of likely N-dealkylation sites (tertiary alicyclic amines) is 1. The summed E-state index contributed by atoms with van der Waals surface area (Å²) in [6, 6.07) is 5.16. The number of rotatable bonds is 2. The number of ether oxygens (including phenoxy) is 1. The molecule has 126 valence electrons. The second-order valence-electron chi connectivity index (χ2n) is 6.51. The summed E-state index contributed by atoms with van der Waals surface area (Å²) in [7, 11) is 0. The summed E-state index contributed by atoms with van der Waals surface area (Å²) in [6.45, 7) is 6.33.